The lowest BCUT2D eigenvalue weighted by atomic mass is 10.1. The van der Waals surface area contributed by atoms with Gasteiger partial charge in [-0.25, -0.2) is 0 Å². The third-order valence-corrected chi connectivity index (χ3v) is 5.83. The molecule has 0 aliphatic rings. The third-order valence-electron chi connectivity index (χ3n) is 4.86. The van der Waals surface area contributed by atoms with Crippen molar-refractivity contribution in [3.63, 3.8) is 0 Å². The van der Waals surface area contributed by atoms with Gasteiger partial charge in [0.15, 0.2) is 11.0 Å². The second-order valence-electron chi connectivity index (χ2n) is 6.95. The molecule has 2 aromatic carbocycles. The second-order valence-corrected chi connectivity index (χ2v) is 7.90. The number of fused-ring (bicyclic) bond motifs is 1. The summed E-state index contributed by atoms with van der Waals surface area (Å²) in [4.78, 5) is 15.7. The van der Waals surface area contributed by atoms with Crippen LogP contribution in [0.15, 0.2) is 53.8 Å². The molecule has 4 rings (SSSR count). The summed E-state index contributed by atoms with van der Waals surface area (Å²) in [6.45, 7) is 6.79. The largest absolute Gasteiger partial charge is 0.360 e. The number of rotatable bonds is 6. The fourth-order valence-corrected chi connectivity index (χ4v) is 4.13. The number of aromatic amines is 1. The van der Waals surface area contributed by atoms with Gasteiger partial charge in [-0.15, -0.1) is 10.2 Å². The van der Waals surface area contributed by atoms with E-state index in [1.807, 2.05) is 61.0 Å². The maximum absolute atomic E-state index is 12.5. The van der Waals surface area contributed by atoms with Gasteiger partial charge < -0.3 is 14.9 Å². The van der Waals surface area contributed by atoms with Gasteiger partial charge in [-0.05, 0) is 44.0 Å². The van der Waals surface area contributed by atoms with E-state index < -0.39 is 0 Å². The van der Waals surface area contributed by atoms with Gasteiger partial charge in [0.25, 0.3) is 0 Å². The number of nitrogens with one attached hydrogen (secondary N) is 2. The first kappa shape index (κ1) is 19.3. The zero-order valence-corrected chi connectivity index (χ0v) is 17.5. The summed E-state index contributed by atoms with van der Waals surface area (Å²) in [5.41, 5.74) is 5.10. The summed E-state index contributed by atoms with van der Waals surface area (Å²) >= 11 is 1.40. The van der Waals surface area contributed by atoms with Crippen LogP contribution in [-0.4, -0.2) is 31.4 Å². The van der Waals surface area contributed by atoms with E-state index in [1.165, 1.54) is 11.8 Å². The molecule has 0 bridgehead atoms. The van der Waals surface area contributed by atoms with Crippen molar-refractivity contribution < 1.29 is 4.79 Å². The van der Waals surface area contributed by atoms with Crippen LogP contribution in [0.25, 0.3) is 22.3 Å². The Bertz CT molecular complexity index is 1180. The van der Waals surface area contributed by atoms with E-state index in [-0.39, 0.29) is 11.7 Å². The molecule has 0 aliphatic heterocycles. The standard InChI is InChI=1S/C22H23N5OS/c1-4-27-21(17-12-23-18-8-6-5-7-16(17)18)25-26-22(27)29-13-20(28)24-19-11-14(2)9-10-15(19)3/h5-12,23H,4,13H2,1-3H3,(H,24,28). The Balaban J connectivity index is 1.51. The van der Waals surface area contributed by atoms with Gasteiger partial charge in [-0.1, -0.05) is 42.1 Å². The topological polar surface area (TPSA) is 75.6 Å². The Morgan fingerprint density at radius 1 is 1.17 bits per heavy atom. The smallest absolute Gasteiger partial charge is 0.234 e. The highest BCUT2D eigenvalue weighted by Gasteiger charge is 2.17. The number of thioether (sulfide) groups is 1. The molecule has 1 amide bonds. The summed E-state index contributed by atoms with van der Waals surface area (Å²) in [6.07, 6.45) is 1.96. The van der Waals surface area contributed by atoms with Crippen LogP contribution in [-0.2, 0) is 11.3 Å². The van der Waals surface area contributed by atoms with Crippen LogP contribution in [0.2, 0.25) is 0 Å². The monoisotopic (exact) mass is 405 g/mol. The Labute approximate surface area is 173 Å². The predicted molar refractivity (Wildman–Crippen MR) is 118 cm³/mol. The van der Waals surface area contributed by atoms with E-state index in [0.717, 1.165) is 50.8 Å². The number of hydrogen-bond acceptors (Lipinski definition) is 4. The number of amides is 1. The number of benzene rings is 2. The number of carbonyl (C=O) groups excluding carboxylic acids is 1. The molecule has 29 heavy (non-hydrogen) atoms. The molecule has 0 spiro atoms. The maximum Gasteiger partial charge on any atom is 0.234 e. The predicted octanol–water partition coefficient (Wildman–Crippen LogP) is 4.79. The molecule has 0 aliphatic carbocycles. The minimum Gasteiger partial charge on any atom is -0.360 e. The number of para-hydroxylation sites is 1. The Kier molecular flexibility index (Phi) is 5.40. The fourth-order valence-electron chi connectivity index (χ4n) is 3.32. The number of anilines is 1. The van der Waals surface area contributed by atoms with Crippen molar-refractivity contribution >= 4 is 34.3 Å². The van der Waals surface area contributed by atoms with E-state index >= 15 is 0 Å². The van der Waals surface area contributed by atoms with Crippen LogP contribution in [0.5, 0.6) is 0 Å². The molecule has 4 aromatic rings. The summed E-state index contributed by atoms with van der Waals surface area (Å²) in [7, 11) is 0. The van der Waals surface area contributed by atoms with Gasteiger partial charge in [-0.3, -0.25) is 4.79 Å². The molecule has 0 unspecified atom stereocenters. The number of aryl methyl sites for hydroxylation is 2. The fraction of sp³-hybridized carbons (Fsp3) is 0.227. The zero-order valence-electron chi connectivity index (χ0n) is 16.7. The maximum atomic E-state index is 12.5. The molecule has 2 heterocycles. The van der Waals surface area contributed by atoms with E-state index in [9.17, 15) is 4.79 Å². The van der Waals surface area contributed by atoms with Gasteiger partial charge in [0.1, 0.15) is 0 Å². The molecule has 0 fully saturated rings. The van der Waals surface area contributed by atoms with Gasteiger partial charge in [-0.2, -0.15) is 0 Å². The molecule has 0 atom stereocenters. The normalized spacial score (nSPS) is 11.1. The van der Waals surface area contributed by atoms with Crippen molar-refractivity contribution in [3.05, 3.63) is 59.8 Å². The van der Waals surface area contributed by atoms with E-state index in [0.29, 0.717) is 0 Å². The van der Waals surface area contributed by atoms with Crippen LogP contribution in [0.4, 0.5) is 5.69 Å². The summed E-state index contributed by atoms with van der Waals surface area (Å²) < 4.78 is 2.05. The number of carbonyl (C=O) groups is 1. The van der Waals surface area contributed by atoms with Gasteiger partial charge in [0, 0.05) is 34.9 Å². The molecule has 7 heteroatoms. The third kappa shape index (κ3) is 3.91. The molecular formula is C22H23N5OS. The zero-order chi connectivity index (χ0) is 20.4. The molecule has 6 nitrogen and oxygen atoms in total. The molecule has 0 saturated carbocycles. The van der Waals surface area contributed by atoms with Crippen molar-refractivity contribution in [2.45, 2.75) is 32.5 Å². The van der Waals surface area contributed by atoms with Crippen LogP contribution >= 0.6 is 11.8 Å². The number of nitrogens with zero attached hydrogens (tertiary/aromatic N) is 3. The lowest BCUT2D eigenvalue weighted by molar-refractivity contribution is -0.113. The van der Waals surface area contributed by atoms with Crippen LogP contribution in [0.1, 0.15) is 18.1 Å². The molecule has 0 radical (unpaired) electrons. The highest BCUT2D eigenvalue weighted by molar-refractivity contribution is 7.99. The average molecular weight is 406 g/mol. The van der Waals surface area contributed by atoms with Crippen molar-refractivity contribution in [2.24, 2.45) is 0 Å². The summed E-state index contributed by atoms with van der Waals surface area (Å²) in [5, 5.41) is 13.6. The summed E-state index contributed by atoms with van der Waals surface area (Å²) in [6, 6.07) is 14.2. The van der Waals surface area contributed by atoms with Gasteiger partial charge in [0.05, 0.1) is 5.75 Å². The molecule has 0 saturated heterocycles. The second kappa shape index (κ2) is 8.13. The van der Waals surface area contributed by atoms with Crippen LogP contribution in [0.3, 0.4) is 0 Å². The Hall–Kier alpha value is -3.06. The average Bonchev–Trinajstić information content (AvgIpc) is 3.32. The Morgan fingerprint density at radius 3 is 2.83 bits per heavy atom. The number of aromatic nitrogens is 4. The van der Waals surface area contributed by atoms with Crippen molar-refractivity contribution in [3.8, 4) is 11.4 Å². The highest BCUT2D eigenvalue weighted by Crippen LogP contribution is 2.30. The molecule has 2 aromatic heterocycles. The summed E-state index contributed by atoms with van der Waals surface area (Å²) in [5.74, 6) is 1.03. The molecular weight excluding hydrogens is 382 g/mol. The van der Waals surface area contributed by atoms with E-state index in [1.54, 1.807) is 0 Å². The first-order chi connectivity index (χ1) is 14.1. The van der Waals surface area contributed by atoms with Crippen molar-refractivity contribution in [1.82, 2.24) is 19.7 Å². The van der Waals surface area contributed by atoms with Crippen molar-refractivity contribution in [1.29, 1.82) is 0 Å². The first-order valence-corrected chi connectivity index (χ1v) is 10.5. The van der Waals surface area contributed by atoms with Crippen molar-refractivity contribution in [2.75, 3.05) is 11.1 Å². The molecule has 148 valence electrons. The SMILES string of the molecule is CCn1c(SCC(=O)Nc2cc(C)ccc2C)nnc1-c1c[nH]c2ccccc12. The van der Waals surface area contributed by atoms with Gasteiger partial charge >= 0.3 is 0 Å². The minimum atomic E-state index is -0.0528. The lowest BCUT2D eigenvalue weighted by Gasteiger charge is -2.10. The van der Waals surface area contributed by atoms with Crippen LogP contribution < -0.4 is 5.32 Å². The van der Waals surface area contributed by atoms with E-state index in [2.05, 4.69) is 33.5 Å². The number of H-pyrrole nitrogens is 1. The lowest BCUT2D eigenvalue weighted by Crippen LogP contribution is -2.15. The first-order valence-electron chi connectivity index (χ1n) is 9.56. The number of hydrogen-bond donors (Lipinski definition) is 2. The minimum absolute atomic E-state index is 0.0528. The van der Waals surface area contributed by atoms with Gasteiger partial charge in [0.2, 0.25) is 5.91 Å². The Morgan fingerprint density at radius 2 is 2.00 bits per heavy atom. The molecule has 2 N–H and O–H groups in total. The quantitative estimate of drug-likeness (QED) is 0.452. The van der Waals surface area contributed by atoms with E-state index in [4.69, 9.17) is 0 Å². The highest BCUT2D eigenvalue weighted by atomic mass is 32.2. The van der Waals surface area contributed by atoms with Crippen LogP contribution in [0, 0.1) is 13.8 Å².